The van der Waals surface area contributed by atoms with E-state index in [1.165, 1.54) is 0 Å². The van der Waals surface area contributed by atoms with Crippen molar-refractivity contribution in [1.29, 1.82) is 0 Å². The number of hydrogen-bond acceptors (Lipinski definition) is 5. The largest absolute Gasteiger partial charge is 0.368 e. The summed E-state index contributed by atoms with van der Waals surface area (Å²) in [6, 6.07) is 20.2. The van der Waals surface area contributed by atoms with Crippen molar-refractivity contribution in [1.82, 2.24) is 0 Å². The van der Waals surface area contributed by atoms with Gasteiger partial charge in [-0.2, -0.15) is 0 Å². The lowest BCUT2D eigenvalue weighted by atomic mass is 10.0. The Morgan fingerprint density at radius 3 is 2.33 bits per heavy atom. The molecule has 0 bridgehead atoms. The van der Waals surface area contributed by atoms with Crippen LogP contribution in [0, 0.1) is 0 Å². The molecule has 4 nitrogen and oxygen atoms in total. The normalized spacial score (nSPS) is 26.1. The van der Waals surface area contributed by atoms with Crippen LogP contribution < -0.4 is 0 Å². The second-order valence-corrected chi connectivity index (χ2v) is 8.53. The summed E-state index contributed by atoms with van der Waals surface area (Å²) in [6.07, 6.45) is 0.00632. The third-order valence-corrected chi connectivity index (χ3v) is 5.47. The third-order valence-electron chi connectivity index (χ3n) is 4.36. The molecule has 1 N–H and O–H groups in total. The van der Waals surface area contributed by atoms with Gasteiger partial charge in [-0.15, -0.1) is 0 Å². The van der Waals surface area contributed by atoms with Crippen molar-refractivity contribution in [2.24, 2.45) is 0 Å². The van der Waals surface area contributed by atoms with Crippen molar-refractivity contribution in [3.63, 3.8) is 0 Å². The average Bonchev–Trinajstić information content (AvgIpc) is 2.61. The van der Waals surface area contributed by atoms with Crippen molar-refractivity contribution in [2.45, 2.75) is 68.2 Å². The minimum Gasteiger partial charge on any atom is -0.368 e. The topological polar surface area (TPSA) is 47.9 Å². The number of hydrogen-bond donors (Lipinski definition) is 1. The minimum absolute atomic E-state index is 0.0497. The summed E-state index contributed by atoms with van der Waals surface area (Å²) in [7, 11) is 0. The fourth-order valence-corrected chi connectivity index (χ4v) is 4.35. The number of benzene rings is 2. The smallest absolute Gasteiger partial charge is 0.160 e. The monoisotopic (exact) mass is 388 g/mol. The zero-order valence-corrected chi connectivity index (χ0v) is 16.9. The third kappa shape index (κ3) is 6.33. The molecule has 4 atom stereocenters. The standard InChI is InChI=1S/C22H28O4S/c1-16-21(24-15-17-10-6-4-7-11-17)19(26-22(2,3)23)14-20(25-16)27-18-12-8-5-9-13-18/h4-13,16,19-21,23H,14-15H2,1-3H3/t16-,19-,20-,21-/m0/s1. The van der Waals surface area contributed by atoms with E-state index in [2.05, 4.69) is 12.1 Å². The van der Waals surface area contributed by atoms with Gasteiger partial charge in [0.1, 0.15) is 11.5 Å². The van der Waals surface area contributed by atoms with E-state index in [9.17, 15) is 5.11 Å². The minimum atomic E-state index is -1.22. The molecule has 0 aromatic heterocycles. The molecule has 3 rings (SSSR count). The van der Waals surface area contributed by atoms with Crippen molar-refractivity contribution in [2.75, 3.05) is 0 Å². The predicted molar refractivity (Wildman–Crippen MR) is 107 cm³/mol. The van der Waals surface area contributed by atoms with E-state index >= 15 is 0 Å². The van der Waals surface area contributed by atoms with E-state index in [1.54, 1.807) is 25.6 Å². The van der Waals surface area contributed by atoms with Gasteiger partial charge in [0.05, 0.1) is 18.8 Å². The summed E-state index contributed by atoms with van der Waals surface area (Å²) in [5.74, 6) is -1.22. The molecule has 5 heteroatoms. The number of aliphatic hydroxyl groups is 1. The Balaban J connectivity index is 1.68. The van der Waals surface area contributed by atoms with E-state index in [0.717, 1.165) is 10.5 Å². The van der Waals surface area contributed by atoms with Crippen LogP contribution in [0.25, 0.3) is 0 Å². The summed E-state index contributed by atoms with van der Waals surface area (Å²) >= 11 is 1.68. The van der Waals surface area contributed by atoms with Gasteiger partial charge in [0.2, 0.25) is 0 Å². The first-order chi connectivity index (χ1) is 12.9. The lowest BCUT2D eigenvalue weighted by Gasteiger charge is -2.42. The van der Waals surface area contributed by atoms with Crippen LogP contribution in [0.5, 0.6) is 0 Å². The van der Waals surface area contributed by atoms with Crippen LogP contribution in [-0.2, 0) is 20.8 Å². The molecule has 146 valence electrons. The molecule has 2 aromatic carbocycles. The molecular weight excluding hydrogens is 360 g/mol. The molecule has 1 heterocycles. The van der Waals surface area contributed by atoms with Crippen LogP contribution in [0.3, 0.4) is 0 Å². The first-order valence-corrected chi connectivity index (χ1v) is 10.2. The predicted octanol–water partition coefficient (Wildman–Crippen LogP) is 4.61. The van der Waals surface area contributed by atoms with Crippen LogP contribution in [-0.4, -0.2) is 34.6 Å². The van der Waals surface area contributed by atoms with Crippen LogP contribution in [0.2, 0.25) is 0 Å². The Morgan fingerprint density at radius 2 is 1.70 bits per heavy atom. The molecule has 27 heavy (non-hydrogen) atoms. The van der Waals surface area contributed by atoms with Crippen LogP contribution in [0.15, 0.2) is 65.6 Å². The fraction of sp³-hybridized carbons (Fsp3) is 0.455. The van der Waals surface area contributed by atoms with Crippen LogP contribution in [0.4, 0.5) is 0 Å². The zero-order chi connectivity index (χ0) is 19.3. The number of thioether (sulfide) groups is 1. The van der Waals surface area contributed by atoms with E-state index in [0.29, 0.717) is 13.0 Å². The van der Waals surface area contributed by atoms with E-state index in [-0.39, 0.29) is 23.7 Å². The maximum atomic E-state index is 10.2. The quantitative estimate of drug-likeness (QED) is 0.702. The maximum Gasteiger partial charge on any atom is 0.160 e. The molecule has 2 aromatic rings. The van der Waals surface area contributed by atoms with Gasteiger partial charge in [0.15, 0.2) is 5.79 Å². The molecular formula is C22H28O4S. The molecule has 1 aliphatic heterocycles. The van der Waals surface area contributed by atoms with Crippen LogP contribution in [0.1, 0.15) is 32.8 Å². The molecule has 0 spiro atoms. The highest BCUT2D eigenvalue weighted by Gasteiger charge is 2.40. The molecule has 1 aliphatic rings. The molecule has 1 saturated heterocycles. The molecule has 0 amide bonds. The van der Waals surface area contributed by atoms with Gasteiger partial charge in [-0.3, -0.25) is 0 Å². The highest BCUT2D eigenvalue weighted by Crippen LogP contribution is 2.36. The second-order valence-electron chi connectivity index (χ2n) is 7.30. The van der Waals surface area contributed by atoms with Gasteiger partial charge in [0.25, 0.3) is 0 Å². The van der Waals surface area contributed by atoms with Crippen molar-refractivity contribution in [3.05, 3.63) is 66.2 Å². The van der Waals surface area contributed by atoms with Gasteiger partial charge in [-0.05, 0) is 38.5 Å². The number of rotatable bonds is 7. The maximum absolute atomic E-state index is 10.2. The van der Waals surface area contributed by atoms with Gasteiger partial charge >= 0.3 is 0 Å². The van der Waals surface area contributed by atoms with E-state index < -0.39 is 5.79 Å². The Morgan fingerprint density at radius 1 is 1.07 bits per heavy atom. The first kappa shape index (κ1) is 20.4. The van der Waals surface area contributed by atoms with Gasteiger partial charge in [-0.25, -0.2) is 0 Å². The van der Waals surface area contributed by atoms with Gasteiger partial charge < -0.3 is 19.3 Å². The van der Waals surface area contributed by atoms with Gasteiger partial charge in [0, 0.05) is 11.3 Å². The average molecular weight is 389 g/mol. The molecule has 0 radical (unpaired) electrons. The number of ether oxygens (including phenoxy) is 3. The van der Waals surface area contributed by atoms with E-state index in [1.807, 2.05) is 55.5 Å². The van der Waals surface area contributed by atoms with Crippen molar-refractivity contribution < 1.29 is 19.3 Å². The van der Waals surface area contributed by atoms with Crippen molar-refractivity contribution in [3.8, 4) is 0 Å². The summed E-state index contributed by atoms with van der Waals surface area (Å²) in [4.78, 5) is 1.15. The highest BCUT2D eigenvalue weighted by molar-refractivity contribution is 7.99. The van der Waals surface area contributed by atoms with E-state index in [4.69, 9.17) is 14.2 Å². The second kappa shape index (κ2) is 9.22. The van der Waals surface area contributed by atoms with Gasteiger partial charge in [-0.1, -0.05) is 60.3 Å². The SMILES string of the molecule is C[C@@H]1O[C@@H](Sc2ccccc2)C[C@H](OC(C)(C)O)[C@H]1OCc1ccccc1. The Hall–Kier alpha value is -1.37. The fourth-order valence-electron chi connectivity index (χ4n) is 3.22. The molecule has 0 saturated carbocycles. The Labute approximate surface area is 165 Å². The Kier molecular flexibility index (Phi) is 6.95. The lowest BCUT2D eigenvalue weighted by Crippen LogP contribution is -2.51. The van der Waals surface area contributed by atoms with Crippen LogP contribution >= 0.6 is 11.8 Å². The zero-order valence-electron chi connectivity index (χ0n) is 16.1. The highest BCUT2D eigenvalue weighted by atomic mass is 32.2. The molecule has 1 fully saturated rings. The summed E-state index contributed by atoms with van der Waals surface area (Å²) in [5.41, 5.74) is 1.05. The summed E-state index contributed by atoms with van der Waals surface area (Å²) in [6.45, 7) is 5.80. The summed E-state index contributed by atoms with van der Waals surface area (Å²) < 4.78 is 18.3. The molecule has 0 unspecified atom stereocenters. The first-order valence-electron chi connectivity index (χ1n) is 9.33. The lowest BCUT2D eigenvalue weighted by molar-refractivity contribution is -0.264. The summed E-state index contributed by atoms with van der Waals surface area (Å²) in [5, 5.41) is 10.2. The Bertz CT molecular complexity index is 686. The van der Waals surface area contributed by atoms with Crippen molar-refractivity contribution >= 4 is 11.8 Å². The molecule has 0 aliphatic carbocycles.